The van der Waals surface area contributed by atoms with Crippen molar-refractivity contribution in [2.75, 3.05) is 22.1 Å². The van der Waals surface area contributed by atoms with E-state index in [1.165, 1.54) is 13.0 Å². The Morgan fingerprint density at radius 1 is 1.04 bits per heavy atom. The summed E-state index contributed by atoms with van der Waals surface area (Å²) < 4.78 is 22.9. The lowest BCUT2D eigenvalue weighted by atomic mass is 10.2. The first kappa shape index (κ1) is 18.8. The first-order chi connectivity index (χ1) is 12.8. The highest BCUT2D eigenvalue weighted by Gasteiger charge is 2.29. The van der Waals surface area contributed by atoms with Crippen LogP contribution in [0.4, 0.5) is 17.2 Å². The van der Waals surface area contributed by atoms with Crippen molar-refractivity contribution in [2.24, 2.45) is 0 Å². The third-order valence-electron chi connectivity index (χ3n) is 3.94. The van der Waals surface area contributed by atoms with Gasteiger partial charge in [0.15, 0.2) is 21.3 Å². The average molecular weight is 389 g/mol. The molecule has 0 spiro atoms. The fraction of sp³-hybridized carbons (Fsp3) is 0.294. The van der Waals surface area contributed by atoms with E-state index in [2.05, 4.69) is 26.1 Å². The molecule has 1 aliphatic heterocycles. The van der Waals surface area contributed by atoms with Crippen molar-refractivity contribution in [2.45, 2.75) is 19.4 Å². The van der Waals surface area contributed by atoms with Crippen molar-refractivity contribution < 1.29 is 18.0 Å². The molecule has 2 amide bonds. The molecule has 1 unspecified atom stereocenters. The summed E-state index contributed by atoms with van der Waals surface area (Å²) in [4.78, 5) is 23.2. The van der Waals surface area contributed by atoms with Crippen LogP contribution in [0.15, 0.2) is 36.4 Å². The summed E-state index contributed by atoms with van der Waals surface area (Å²) in [7, 11) is -3.06. The Labute approximate surface area is 156 Å². The van der Waals surface area contributed by atoms with Gasteiger partial charge in [-0.3, -0.25) is 9.59 Å². The minimum Gasteiger partial charge on any atom is -0.347 e. The Morgan fingerprint density at radius 3 is 2.30 bits per heavy atom. The van der Waals surface area contributed by atoms with Crippen molar-refractivity contribution in [3.63, 3.8) is 0 Å². The van der Waals surface area contributed by atoms with Crippen LogP contribution in [0.1, 0.15) is 23.8 Å². The Bertz CT molecular complexity index is 942. The molecule has 0 saturated carbocycles. The van der Waals surface area contributed by atoms with Gasteiger partial charge in [0.05, 0.1) is 11.5 Å². The number of hydrogen-bond donors (Lipinski definition) is 3. The first-order valence-electron chi connectivity index (χ1n) is 8.30. The molecule has 9 nitrogen and oxygen atoms in total. The normalized spacial score (nSPS) is 17.9. The zero-order chi connectivity index (χ0) is 19.4. The number of nitrogens with one attached hydrogen (secondary N) is 3. The van der Waals surface area contributed by atoms with Gasteiger partial charge in [0.1, 0.15) is 0 Å². The van der Waals surface area contributed by atoms with Gasteiger partial charge in [0.2, 0.25) is 5.91 Å². The molecular weight excluding hydrogens is 370 g/mol. The van der Waals surface area contributed by atoms with Gasteiger partial charge in [-0.25, -0.2) is 8.42 Å². The van der Waals surface area contributed by atoms with Gasteiger partial charge in [0, 0.05) is 24.3 Å². The smallest absolute Gasteiger partial charge is 0.272 e. The molecule has 1 saturated heterocycles. The van der Waals surface area contributed by atoms with Crippen LogP contribution in [0.2, 0.25) is 0 Å². The number of benzene rings is 1. The van der Waals surface area contributed by atoms with Crippen LogP contribution in [0.25, 0.3) is 0 Å². The van der Waals surface area contributed by atoms with Crippen LogP contribution in [0.5, 0.6) is 0 Å². The van der Waals surface area contributed by atoms with Gasteiger partial charge in [-0.2, -0.15) is 0 Å². The molecule has 3 N–H and O–H groups in total. The molecule has 1 aromatic carbocycles. The van der Waals surface area contributed by atoms with Crippen LogP contribution >= 0.6 is 0 Å². The van der Waals surface area contributed by atoms with Crippen molar-refractivity contribution in [3.8, 4) is 0 Å². The molecule has 1 fully saturated rings. The molecule has 0 aliphatic carbocycles. The maximum absolute atomic E-state index is 12.1. The predicted octanol–water partition coefficient (Wildman–Crippen LogP) is 1.10. The highest BCUT2D eigenvalue weighted by molar-refractivity contribution is 7.91. The van der Waals surface area contributed by atoms with Crippen LogP contribution in [-0.2, 0) is 14.6 Å². The molecule has 27 heavy (non-hydrogen) atoms. The molecule has 0 radical (unpaired) electrons. The minimum absolute atomic E-state index is 0.0414. The summed E-state index contributed by atoms with van der Waals surface area (Å²) in [6, 6.07) is 9.77. The maximum atomic E-state index is 12.1. The summed E-state index contributed by atoms with van der Waals surface area (Å²) in [6.45, 7) is 1.44. The largest absolute Gasteiger partial charge is 0.347 e. The van der Waals surface area contributed by atoms with E-state index >= 15 is 0 Å². The molecule has 142 valence electrons. The van der Waals surface area contributed by atoms with Gasteiger partial charge in [-0.15, -0.1) is 10.2 Å². The van der Waals surface area contributed by atoms with Crippen molar-refractivity contribution in [3.05, 3.63) is 42.1 Å². The van der Waals surface area contributed by atoms with E-state index in [-0.39, 0.29) is 29.1 Å². The number of amides is 2. The second-order valence-electron chi connectivity index (χ2n) is 6.26. The van der Waals surface area contributed by atoms with E-state index < -0.39 is 15.7 Å². The first-order valence-corrected chi connectivity index (χ1v) is 10.1. The van der Waals surface area contributed by atoms with Crippen LogP contribution in [0, 0.1) is 0 Å². The number of sulfone groups is 1. The van der Waals surface area contributed by atoms with Crippen molar-refractivity contribution >= 4 is 38.8 Å². The van der Waals surface area contributed by atoms with Crippen LogP contribution in [-0.4, -0.2) is 48.0 Å². The lowest BCUT2D eigenvalue weighted by Gasteiger charge is -2.10. The third-order valence-corrected chi connectivity index (χ3v) is 5.71. The van der Waals surface area contributed by atoms with Crippen molar-refractivity contribution in [1.29, 1.82) is 0 Å². The van der Waals surface area contributed by atoms with Gasteiger partial charge in [-0.1, -0.05) is 0 Å². The van der Waals surface area contributed by atoms with Gasteiger partial charge in [-0.05, 0) is 42.8 Å². The lowest BCUT2D eigenvalue weighted by molar-refractivity contribution is -0.114. The molecule has 10 heteroatoms. The number of hydrogen-bond acceptors (Lipinski definition) is 7. The van der Waals surface area contributed by atoms with E-state index in [4.69, 9.17) is 0 Å². The monoisotopic (exact) mass is 389 g/mol. The average Bonchev–Trinajstić information content (AvgIpc) is 2.95. The summed E-state index contributed by atoms with van der Waals surface area (Å²) in [5.41, 5.74) is 1.54. The second kappa shape index (κ2) is 7.70. The highest BCUT2D eigenvalue weighted by Crippen LogP contribution is 2.17. The lowest BCUT2D eigenvalue weighted by Crippen LogP contribution is -2.36. The quantitative estimate of drug-likeness (QED) is 0.698. The van der Waals surface area contributed by atoms with Crippen LogP contribution < -0.4 is 16.0 Å². The molecule has 2 aromatic rings. The van der Waals surface area contributed by atoms with Gasteiger partial charge in [0.25, 0.3) is 5.91 Å². The molecule has 1 aromatic heterocycles. The fourth-order valence-corrected chi connectivity index (χ4v) is 4.35. The Morgan fingerprint density at radius 2 is 1.74 bits per heavy atom. The number of rotatable bonds is 5. The van der Waals surface area contributed by atoms with Crippen LogP contribution in [0.3, 0.4) is 0 Å². The molecule has 0 bridgehead atoms. The Balaban J connectivity index is 1.58. The predicted molar refractivity (Wildman–Crippen MR) is 101 cm³/mol. The molecule has 3 rings (SSSR count). The standard InChI is InChI=1S/C17H19N5O4S/c1-11(23)18-12-2-4-13(5-3-12)19-16-7-6-15(21-22-16)17(24)20-14-8-9-27(25,26)10-14/h2-7,14H,8-10H2,1H3,(H,18,23)(H,19,22)(H,20,24). The molecular formula is C17H19N5O4S. The summed E-state index contributed by atoms with van der Waals surface area (Å²) >= 11 is 0. The number of anilines is 3. The fourth-order valence-electron chi connectivity index (χ4n) is 2.68. The van der Waals surface area contributed by atoms with Gasteiger partial charge >= 0.3 is 0 Å². The Kier molecular flexibility index (Phi) is 5.36. The molecule has 1 aliphatic rings. The summed E-state index contributed by atoms with van der Waals surface area (Å²) in [5.74, 6) is -0.100. The van der Waals surface area contributed by atoms with Crippen molar-refractivity contribution in [1.82, 2.24) is 15.5 Å². The van der Waals surface area contributed by atoms with E-state index in [9.17, 15) is 18.0 Å². The summed E-state index contributed by atoms with van der Waals surface area (Å²) in [6.07, 6.45) is 0.412. The highest BCUT2D eigenvalue weighted by atomic mass is 32.2. The second-order valence-corrected chi connectivity index (χ2v) is 8.49. The zero-order valence-electron chi connectivity index (χ0n) is 14.6. The topological polar surface area (TPSA) is 130 Å². The summed E-state index contributed by atoms with van der Waals surface area (Å²) in [5, 5.41) is 16.2. The maximum Gasteiger partial charge on any atom is 0.272 e. The third kappa shape index (κ3) is 5.23. The van der Waals surface area contributed by atoms with E-state index in [0.717, 1.165) is 5.69 Å². The molecule has 1 atom stereocenters. The van der Waals surface area contributed by atoms with E-state index in [0.29, 0.717) is 17.9 Å². The number of nitrogens with zero attached hydrogens (tertiary/aromatic N) is 2. The van der Waals surface area contributed by atoms with Gasteiger partial charge < -0.3 is 16.0 Å². The van der Waals surface area contributed by atoms with E-state index in [1.54, 1.807) is 30.3 Å². The molecule has 2 heterocycles. The zero-order valence-corrected chi connectivity index (χ0v) is 15.4. The van der Waals surface area contributed by atoms with E-state index in [1.807, 2.05) is 0 Å². The number of aromatic nitrogens is 2. The SMILES string of the molecule is CC(=O)Nc1ccc(Nc2ccc(C(=O)NC3CCS(=O)(=O)C3)nn2)cc1. The number of carbonyl (C=O) groups is 2. The number of carbonyl (C=O) groups excluding carboxylic acids is 2. The minimum atomic E-state index is -3.06. The Hall–Kier alpha value is -3.01.